The lowest BCUT2D eigenvalue weighted by Crippen LogP contribution is -2.44. The van der Waals surface area contributed by atoms with Crippen LogP contribution in [0.4, 0.5) is 5.69 Å². The lowest BCUT2D eigenvalue weighted by molar-refractivity contribution is -0.119. The van der Waals surface area contributed by atoms with Crippen molar-refractivity contribution in [3.63, 3.8) is 0 Å². The first-order valence-corrected chi connectivity index (χ1v) is 11.5. The van der Waals surface area contributed by atoms with E-state index in [-0.39, 0.29) is 11.8 Å². The molecule has 0 aliphatic carbocycles. The Balaban J connectivity index is 1.62. The summed E-state index contributed by atoms with van der Waals surface area (Å²) in [5.74, 6) is 0.239. The monoisotopic (exact) mass is 485 g/mol. The third-order valence-electron chi connectivity index (χ3n) is 6.73. The van der Waals surface area contributed by atoms with Gasteiger partial charge in [0.1, 0.15) is 0 Å². The number of likely N-dealkylation sites (N-methyl/N-ethyl adjacent to an activating group) is 1. The summed E-state index contributed by atoms with van der Waals surface area (Å²) in [5, 5.41) is 3.99. The van der Waals surface area contributed by atoms with Gasteiger partial charge in [-0.1, -0.05) is 36.4 Å². The highest BCUT2D eigenvalue weighted by atomic mass is 16.5. The van der Waals surface area contributed by atoms with E-state index < -0.39 is 12.0 Å². The van der Waals surface area contributed by atoms with Gasteiger partial charge in [-0.15, -0.1) is 0 Å². The minimum Gasteiger partial charge on any atom is -0.493 e. The van der Waals surface area contributed by atoms with Gasteiger partial charge in [0.2, 0.25) is 11.7 Å². The van der Waals surface area contributed by atoms with E-state index in [0.717, 1.165) is 16.5 Å². The average molecular weight is 486 g/mol. The Hall–Kier alpha value is -4.46. The first kappa shape index (κ1) is 23.3. The number of carbonyl (C=O) groups is 2. The molecule has 0 radical (unpaired) electrons. The van der Waals surface area contributed by atoms with Crippen LogP contribution in [0.15, 0.2) is 66.9 Å². The molecule has 0 bridgehead atoms. The SMILES string of the molecule is COc1cc(NC(=O)[C@H]2c3ccccc3C(=O)N(C)[C@H]2c2c[nH]c3ccccc23)cc(OC)c1OC. The lowest BCUT2D eigenvalue weighted by Gasteiger charge is -2.39. The number of hydrogen-bond acceptors (Lipinski definition) is 5. The van der Waals surface area contributed by atoms with Crippen LogP contribution < -0.4 is 19.5 Å². The van der Waals surface area contributed by atoms with E-state index in [0.29, 0.717) is 34.1 Å². The highest BCUT2D eigenvalue weighted by Gasteiger charge is 2.43. The molecule has 1 aliphatic heterocycles. The molecule has 0 saturated carbocycles. The number of hydrogen-bond donors (Lipinski definition) is 2. The average Bonchev–Trinajstić information content (AvgIpc) is 3.33. The number of aromatic amines is 1. The van der Waals surface area contributed by atoms with Crippen LogP contribution in [-0.4, -0.2) is 50.1 Å². The molecular formula is C28H27N3O5. The number of benzene rings is 3. The Labute approximate surface area is 208 Å². The van der Waals surface area contributed by atoms with E-state index >= 15 is 0 Å². The maximum Gasteiger partial charge on any atom is 0.254 e. The Morgan fingerprint density at radius 2 is 1.58 bits per heavy atom. The molecule has 2 heterocycles. The van der Waals surface area contributed by atoms with Crippen molar-refractivity contribution in [3.8, 4) is 17.2 Å². The van der Waals surface area contributed by atoms with Crippen molar-refractivity contribution in [2.24, 2.45) is 0 Å². The maximum absolute atomic E-state index is 14.0. The number of anilines is 1. The summed E-state index contributed by atoms with van der Waals surface area (Å²) in [7, 11) is 6.31. The second-order valence-corrected chi connectivity index (χ2v) is 8.62. The smallest absolute Gasteiger partial charge is 0.254 e. The molecule has 1 aromatic heterocycles. The van der Waals surface area contributed by atoms with Crippen LogP contribution in [-0.2, 0) is 4.79 Å². The van der Waals surface area contributed by atoms with E-state index in [9.17, 15) is 9.59 Å². The van der Waals surface area contributed by atoms with Crippen LogP contribution in [0.1, 0.15) is 33.4 Å². The summed E-state index contributed by atoms with van der Waals surface area (Å²) < 4.78 is 16.3. The van der Waals surface area contributed by atoms with Gasteiger partial charge in [-0.05, 0) is 17.7 Å². The van der Waals surface area contributed by atoms with Crippen LogP contribution in [0.5, 0.6) is 17.2 Å². The summed E-state index contributed by atoms with van der Waals surface area (Å²) in [4.78, 5) is 32.3. The van der Waals surface area contributed by atoms with Crippen LogP contribution in [0.3, 0.4) is 0 Å². The highest BCUT2D eigenvalue weighted by molar-refractivity contribution is 6.05. The van der Waals surface area contributed by atoms with Crippen LogP contribution in [0.25, 0.3) is 10.9 Å². The summed E-state index contributed by atoms with van der Waals surface area (Å²) in [6.45, 7) is 0. The topological polar surface area (TPSA) is 92.9 Å². The molecule has 8 nitrogen and oxygen atoms in total. The number of H-pyrrole nitrogens is 1. The van der Waals surface area contributed by atoms with Crippen LogP contribution in [0, 0.1) is 0 Å². The zero-order valence-corrected chi connectivity index (χ0v) is 20.5. The van der Waals surface area contributed by atoms with Crippen LogP contribution >= 0.6 is 0 Å². The molecule has 184 valence electrons. The number of rotatable bonds is 6. The van der Waals surface area contributed by atoms with E-state index in [4.69, 9.17) is 14.2 Å². The van der Waals surface area contributed by atoms with Gasteiger partial charge in [0.25, 0.3) is 5.91 Å². The molecule has 0 saturated heterocycles. The van der Waals surface area contributed by atoms with Gasteiger partial charge in [-0.2, -0.15) is 0 Å². The van der Waals surface area contributed by atoms with E-state index in [1.54, 1.807) is 30.1 Å². The van der Waals surface area contributed by atoms with Gasteiger partial charge < -0.3 is 29.4 Å². The van der Waals surface area contributed by atoms with Gasteiger partial charge in [0.05, 0.1) is 33.3 Å². The number of nitrogens with zero attached hydrogens (tertiary/aromatic N) is 1. The fraction of sp³-hybridized carbons (Fsp3) is 0.214. The minimum atomic E-state index is -0.665. The van der Waals surface area contributed by atoms with Crippen molar-refractivity contribution in [1.29, 1.82) is 0 Å². The van der Waals surface area contributed by atoms with Crippen LogP contribution in [0.2, 0.25) is 0 Å². The maximum atomic E-state index is 14.0. The fourth-order valence-corrected chi connectivity index (χ4v) is 5.06. The molecule has 2 amide bonds. The van der Waals surface area contributed by atoms with Crippen molar-refractivity contribution >= 4 is 28.4 Å². The number of amides is 2. The van der Waals surface area contributed by atoms with Crippen molar-refractivity contribution in [1.82, 2.24) is 9.88 Å². The molecule has 36 heavy (non-hydrogen) atoms. The second kappa shape index (κ2) is 9.30. The van der Waals surface area contributed by atoms with Crippen molar-refractivity contribution in [2.75, 3.05) is 33.7 Å². The standard InChI is InChI=1S/C28H27N3O5/c1-31-25(20-15-29-21-12-8-7-9-17(20)21)24(18-10-5-6-11-19(18)28(31)33)27(32)30-16-13-22(34-2)26(36-4)23(14-16)35-3/h5-15,24-25,29H,1-4H3,(H,30,32)/t24-,25-/m0/s1. The molecule has 2 atom stereocenters. The third kappa shape index (κ3) is 3.71. The molecule has 0 spiro atoms. The molecule has 0 unspecified atom stereocenters. The number of para-hydroxylation sites is 1. The Kier molecular flexibility index (Phi) is 6.01. The Morgan fingerprint density at radius 3 is 2.28 bits per heavy atom. The van der Waals surface area contributed by atoms with Gasteiger partial charge >= 0.3 is 0 Å². The molecule has 3 aromatic carbocycles. The Bertz CT molecular complexity index is 1440. The minimum absolute atomic E-state index is 0.127. The predicted octanol–water partition coefficient (Wildman–Crippen LogP) is 4.74. The van der Waals surface area contributed by atoms with Crippen molar-refractivity contribution < 1.29 is 23.8 Å². The van der Waals surface area contributed by atoms with Gasteiger partial charge in [0, 0.05) is 53.1 Å². The number of aromatic nitrogens is 1. The Morgan fingerprint density at radius 1 is 0.917 bits per heavy atom. The number of methoxy groups -OCH3 is 3. The number of ether oxygens (including phenoxy) is 3. The second-order valence-electron chi connectivity index (χ2n) is 8.62. The molecule has 1 aliphatic rings. The first-order chi connectivity index (χ1) is 17.5. The van der Waals surface area contributed by atoms with E-state index in [1.165, 1.54) is 21.3 Å². The number of nitrogens with one attached hydrogen (secondary N) is 2. The lowest BCUT2D eigenvalue weighted by atomic mass is 9.79. The molecular weight excluding hydrogens is 458 g/mol. The van der Waals surface area contributed by atoms with Gasteiger partial charge in [-0.25, -0.2) is 0 Å². The fourth-order valence-electron chi connectivity index (χ4n) is 5.06. The van der Waals surface area contributed by atoms with Crippen molar-refractivity contribution in [3.05, 3.63) is 83.6 Å². The number of fused-ring (bicyclic) bond motifs is 2. The van der Waals surface area contributed by atoms with Crippen molar-refractivity contribution in [2.45, 2.75) is 12.0 Å². The summed E-state index contributed by atoms with van der Waals surface area (Å²) in [5.41, 5.74) is 3.50. The van der Waals surface area contributed by atoms with Gasteiger partial charge in [-0.3, -0.25) is 9.59 Å². The van der Waals surface area contributed by atoms with E-state index in [1.807, 2.05) is 48.7 Å². The highest BCUT2D eigenvalue weighted by Crippen LogP contribution is 2.45. The molecule has 0 fully saturated rings. The third-order valence-corrected chi connectivity index (χ3v) is 6.73. The first-order valence-electron chi connectivity index (χ1n) is 11.5. The summed E-state index contributed by atoms with van der Waals surface area (Å²) in [6.07, 6.45) is 1.88. The largest absolute Gasteiger partial charge is 0.493 e. The normalized spacial score (nSPS) is 17.0. The molecule has 4 aromatic rings. The quantitative estimate of drug-likeness (QED) is 0.411. The molecule has 8 heteroatoms. The zero-order valence-electron chi connectivity index (χ0n) is 20.5. The molecule has 5 rings (SSSR count). The summed E-state index contributed by atoms with van der Waals surface area (Å²) >= 11 is 0. The van der Waals surface area contributed by atoms with Gasteiger partial charge in [0.15, 0.2) is 11.5 Å². The van der Waals surface area contributed by atoms with E-state index in [2.05, 4.69) is 10.3 Å². The number of carbonyl (C=O) groups excluding carboxylic acids is 2. The summed E-state index contributed by atoms with van der Waals surface area (Å²) in [6, 6.07) is 18.0. The zero-order chi connectivity index (χ0) is 25.4. The predicted molar refractivity (Wildman–Crippen MR) is 137 cm³/mol. The molecule has 2 N–H and O–H groups in total.